The first-order valence-corrected chi connectivity index (χ1v) is 6.74. The van der Waals surface area contributed by atoms with Crippen LogP contribution in [0.5, 0.6) is 0 Å². The molecule has 1 fully saturated rings. The smallest absolute Gasteiger partial charge is 0.438 e. The van der Waals surface area contributed by atoms with Gasteiger partial charge in [-0.1, -0.05) is 12.1 Å². The number of nitrogens with one attached hydrogen (secondary N) is 3. The third-order valence-electron chi connectivity index (χ3n) is 2.81. The molecule has 2 atom stereocenters. The molecule has 0 radical (unpaired) electrons. The lowest BCUT2D eigenvalue weighted by molar-refractivity contribution is -0.148. The summed E-state index contributed by atoms with van der Waals surface area (Å²) >= 11 is 2.16. The summed E-state index contributed by atoms with van der Waals surface area (Å²) in [6.07, 6.45) is -1.23. The minimum absolute atomic E-state index is 0.501. The highest BCUT2D eigenvalue weighted by molar-refractivity contribution is 14.1. The van der Waals surface area contributed by atoms with Crippen molar-refractivity contribution in [2.24, 2.45) is 0 Å². The Labute approximate surface area is 128 Å². The first-order valence-electron chi connectivity index (χ1n) is 5.66. The van der Waals surface area contributed by atoms with Crippen molar-refractivity contribution in [3.05, 3.63) is 33.4 Å². The molecule has 9 heteroatoms. The maximum absolute atomic E-state index is 11.8. The average Bonchev–Trinajstić information content (AvgIpc) is 2.46. The van der Waals surface area contributed by atoms with Crippen molar-refractivity contribution in [2.75, 3.05) is 7.11 Å². The van der Waals surface area contributed by atoms with E-state index in [0.29, 0.717) is 0 Å². The Balaban J connectivity index is 2.27. The van der Waals surface area contributed by atoms with Gasteiger partial charge in [0.15, 0.2) is 0 Å². The Morgan fingerprint density at radius 1 is 1.35 bits per heavy atom. The van der Waals surface area contributed by atoms with E-state index in [-0.39, 0.29) is 0 Å². The Kier molecular flexibility index (Phi) is 4.75. The average molecular weight is 392 g/mol. The monoisotopic (exact) mass is 392 g/mol. The van der Waals surface area contributed by atoms with Gasteiger partial charge in [0.25, 0.3) is 0 Å². The predicted octanol–water partition coefficient (Wildman–Crippen LogP) is 0.381. The summed E-state index contributed by atoms with van der Waals surface area (Å²) in [5.41, 5.74) is 8.46. The Morgan fingerprint density at radius 3 is 2.55 bits per heavy atom. The molecule has 1 aromatic carbocycles. The highest BCUT2D eigenvalue weighted by Gasteiger charge is 2.37. The first kappa shape index (κ1) is 15.0. The van der Waals surface area contributed by atoms with Crippen molar-refractivity contribution in [3.8, 4) is 0 Å². The Morgan fingerprint density at radius 2 is 2.00 bits per heavy atom. The lowest BCUT2D eigenvalue weighted by atomic mass is 10.00. The van der Waals surface area contributed by atoms with Gasteiger partial charge in [-0.05, 0) is 40.3 Å². The molecule has 1 aliphatic rings. The van der Waals surface area contributed by atoms with Crippen molar-refractivity contribution in [2.45, 2.75) is 12.1 Å². The van der Waals surface area contributed by atoms with Gasteiger partial charge in [0.2, 0.25) is 0 Å². The van der Waals surface area contributed by atoms with E-state index in [2.05, 4.69) is 39.0 Å². The third-order valence-corrected chi connectivity index (χ3v) is 3.53. The molecule has 2 unspecified atom stereocenters. The fraction of sp³-hybridized carbons (Fsp3) is 0.273. The lowest BCUT2D eigenvalue weighted by Gasteiger charge is -2.37. The summed E-state index contributed by atoms with van der Waals surface area (Å²) in [5.74, 6) is -0.501. The highest BCUT2D eigenvalue weighted by atomic mass is 127. The number of hydrazine groups is 3. The van der Waals surface area contributed by atoms with Crippen molar-refractivity contribution >= 4 is 34.7 Å². The van der Waals surface area contributed by atoms with Crippen LogP contribution in [0.15, 0.2) is 24.3 Å². The molecule has 0 saturated carbocycles. The standard InChI is InChI=1S/C11H13IN4O4/c1-20-10(17)9-8(6-2-4-7(12)5-3-6)14-16(11(18)19)15-13-9/h2-5,8-9,13-15H,1H3,(H,18,19). The van der Waals surface area contributed by atoms with Crippen molar-refractivity contribution in [1.29, 1.82) is 0 Å². The van der Waals surface area contributed by atoms with E-state index in [1.807, 2.05) is 24.3 Å². The minimum atomic E-state index is -1.23. The van der Waals surface area contributed by atoms with E-state index >= 15 is 0 Å². The molecule has 0 bridgehead atoms. The number of halogens is 1. The Bertz CT molecular complexity index is 510. The van der Waals surface area contributed by atoms with Gasteiger partial charge in [-0.2, -0.15) is 5.12 Å². The number of esters is 1. The number of hydrogen-bond acceptors (Lipinski definition) is 6. The molecule has 0 spiro atoms. The fourth-order valence-corrected chi connectivity index (χ4v) is 2.19. The number of carbonyl (C=O) groups is 2. The number of amides is 1. The number of methoxy groups -OCH3 is 1. The van der Waals surface area contributed by atoms with Crippen LogP contribution < -0.4 is 16.4 Å². The molecule has 4 N–H and O–H groups in total. The van der Waals surface area contributed by atoms with Gasteiger partial charge in [-0.15, -0.1) is 5.53 Å². The largest absolute Gasteiger partial charge is 0.468 e. The quantitative estimate of drug-likeness (QED) is 0.426. The normalized spacial score (nSPS) is 22.4. The van der Waals surface area contributed by atoms with Gasteiger partial charge in [0, 0.05) is 3.57 Å². The SMILES string of the molecule is COC(=O)C1NNN(C(=O)O)NC1c1ccc(I)cc1. The Hall–Kier alpha value is -1.43. The summed E-state index contributed by atoms with van der Waals surface area (Å²) in [4.78, 5) is 22.7. The van der Waals surface area contributed by atoms with Crippen LogP contribution in [0.3, 0.4) is 0 Å². The molecule has 20 heavy (non-hydrogen) atoms. The van der Waals surface area contributed by atoms with E-state index < -0.39 is 24.1 Å². The van der Waals surface area contributed by atoms with E-state index in [1.54, 1.807) is 0 Å². The van der Waals surface area contributed by atoms with Crippen LogP contribution in [-0.2, 0) is 9.53 Å². The maximum Gasteiger partial charge on any atom is 0.438 e. The topological polar surface area (TPSA) is 103 Å². The molecular weight excluding hydrogens is 379 g/mol. The summed E-state index contributed by atoms with van der Waals surface area (Å²) < 4.78 is 5.75. The van der Waals surface area contributed by atoms with Crippen molar-refractivity contribution in [3.63, 3.8) is 0 Å². The molecule has 1 aromatic rings. The van der Waals surface area contributed by atoms with Crippen LogP contribution in [0.25, 0.3) is 0 Å². The van der Waals surface area contributed by atoms with Crippen LogP contribution >= 0.6 is 22.6 Å². The zero-order chi connectivity index (χ0) is 14.7. The molecule has 8 nitrogen and oxygen atoms in total. The number of benzene rings is 1. The van der Waals surface area contributed by atoms with Gasteiger partial charge in [0.05, 0.1) is 13.2 Å². The molecule has 0 aromatic heterocycles. The van der Waals surface area contributed by atoms with Crippen molar-refractivity contribution in [1.82, 2.24) is 21.5 Å². The van der Waals surface area contributed by atoms with Gasteiger partial charge in [-0.3, -0.25) is 4.79 Å². The number of hydrogen-bond donors (Lipinski definition) is 4. The summed E-state index contributed by atoms with van der Waals surface area (Å²) in [6.45, 7) is 0. The summed E-state index contributed by atoms with van der Waals surface area (Å²) in [6, 6.07) is 6.07. The van der Waals surface area contributed by atoms with Gasteiger partial charge in [-0.25, -0.2) is 15.6 Å². The molecule has 108 valence electrons. The third kappa shape index (κ3) is 3.17. The predicted molar refractivity (Wildman–Crippen MR) is 77.0 cm³/mol. The van der Waals surface area contributed by atoms with E-state index in [9.17, 15) is 9.59 Å². The van der Waals surface area contributed by atoms with Crippen LogP contribution in [0, 0.1) is 3.57 Å². The van der Waals surface area contributed by atoms with Gasteiger partial charge in [0.1, 0.15) is 6.04 Å². The number of carbonyl (C=O) groups excluding carboxylic acids is 1. The first-order chi connectivity index (χ1) is 9.52. The van der Waals surface area contributed by atoms with Gasteiger partial charge < -0.3 is 9.84 Å². The van der Waals surface area contributed by atoms with E-state index in [1.165, 1.54) is 7.11 Å². The maximum atomic E-state index is 11.8. The second-order valence-electron chi connectivity index (χ2n) is 4.03. The molecule has 1 heterocycles. The molecule has 0 aliphatic carbocycles. The van der Waals surface area contributed by atoms with Crippen LogP contribution in [0.4, 0.5) is 4.79 Å². The second kappa shape index (κ2) is 6.35. The van der Waals surface area contributed by atoms with Crippen LogP contribution in [0.2, 0.25) is 0 Å². The molecule has 1 aliphatic heterocycles. The molecule has 2 rings (SSSR count). The van der Waals surface area contributed by atoms with E-state index in [4.69, 9.17) is 9.84 Å². The second-order valence-corrected chi connectivity index (χ2v) is 5.28. The number of nitrogens with zero attached hydrogens (tertiary/aromatic N) is 1. The van der Waals surface area contributed by atoms with Crippen LogP contribution in [0.1, 0.15) is 11.6 Å². The number of rotatable bonds is 2. The number of carboxylic acid groups (broad SMARTS) is 1. The highest BCUT2D eigenvalue weighted by Crippen LogP contribution is 2.21. The fourth-order valence-electron chi connectivity index (χ4n) is 1.83. The van der Waals surface area contributed by atoms with Crippen molar-refractivity contribution < 1.29 is 19.4 Å². The zero-order valence-electron chi connectivity index (χ0n) is 10.5. The van der Waals surface area contributed by atoms with E-state index in [0.717, 1.165) is 14.3 Å². The summed E-state index contributed by atoms with van der Waals surface area (Å²) in [7, 11) is 1.28. The molecular formula is C11H13IN4O4. The van der Waals surface area contributed by atoms with Crippen LogP contribution in [-0.4, -0.2) is 35.4 Å². The number of ether oxygens (including phenoxy) is 1. The molecule has 1 amide bonds. The van der Waals surface area contributed by atoms with Gasteiger partial charge >= 0.3 is 12.1 Å². The molecule has 1 saturated heterocycles. The summed E-state index contributed by atoms with van der Waals surface area (Å²) in [5, 5.41) is 9.72. The lowest BCUT2D eigenvalue weighted by Crippen LogP contribution is -2.69. The minimum Gasteiger partial charge on any atom is -0.468 e. The zero-order valence-corrected chi connectivity index (χ0v) is 12.6.